The SMILES string of the molecule is CC[C@H]1C[C@H](C(F)(F)F)n2nc([C@@H]3CCCN(Cc4ccncc4C)C3)cc2N1. The summed E-state index contributed by atoms with van der Waals surface area (Å²) in [5, 5.41) is 7.69. The second kappa shape index (κ2) is 7.97. The van der Waals surface area contributed by atoms with E-state index in [1.807, 2.05) is 25.3 Å². The average Bonchev–Trinajstić information content (AvgIpc) is 3.12. The van der Waals surface area contributed by atoms with E-state index in [9.17, 15) is 13.2 Å². The largest absolute Gasteiger partial charge is 0.410 e. The maximum Gasteiger partial charge on any atom is 0.410 e. The number of halogens is 3. The Morgan fingerprint density at radius 1 is 1.31 bits per heavy atom. The molecule has 5 nitrogen and oxygen atoms in total. The molecular formula is C21H28F3N5. The predicted molar refractivity (Wildman–Crippen MR) is 106 cm³/mol. The standard InChI is InChI=1S/C21H28F3N5/c1-3-17-9-19(21(22,23)24)29-20(26-17)10-18(27-29)16-5-4-8-28(13-16)12-15-6-7-25-11-14(15)2/h6-7,10-11,16-17,19,26H,3-5,8-9,12-13H2,1-2H3/t16-,17+,19-/m1/s1. The Bertz CT molecular complexity index is 847. The lowest BCUT2D eigenvalue weighted by atomic mass is 9.94. The molecule has 0 aromatic carbocycles. The van der Waals surface area contributed by atoms with Crippen LogP contribution in [0.1, 0.15) is 61.4 Å². The molecule has 0 saturated carbocycles. The molecule has 1 N–H and O–H groups in total. The number of aryl methyl sites for hydroxylation is 1. The van der Waals surface area contributed by atoms with Crippen molar-refractivity contribution in [2.45, 2.75) is 70.3 Å². The number of aromatic nitrogens is 3. The number of rotatable bonds is 4. The first-order valence-electron chi connectivity index (χ1n) is 10.4. The molecule has 1 saturated heterocycles. The Hall–Kier alpha value is -2.09. The van der Waals surface area contributed by atoms with Crippen LogP contribution in [0, 0.1) is 6.92 Å². The van der Waals surface area contributed by atoms with Crippen LogP contribution in [-0.4, -0.2) is 45.0 Å². The van der Waals surface area contributed by atoms with Crippen molar-refractivity contribution in [1.82, 2.24) is 19.7 Å². The van der Waals surface area contributed by atoms with Crippen molar-refractivity contribution in [3.05, 3.63) is 41.3 Å². The van der Waals surface area contributed by atoms with E-state index < -0.39 is 12.2 Å². The summed E-state index contributed by atoms with van der Waals surface area (Å²) >= 11 is 0. The van der Waals surface area contributed by atoms with Crippen molar-refractivity contribution in [2.75, 3.05) is 18.4 Å². The first-order valence-corrected chi connectivity index (χ1v) is 10.4. The van der Waals surface area contributed by atoms with Gasteiger partial charge in [-0.2, -0.15) is 18.3 Å². The molecule has 3 atom stereocenters. The fraction of sp³-hybridized carbons (Fsp3) is 0.619. The minimum absolute atomic E-state index is 0.0340. The highest BCUT2D eigenvalue weighted by Crippen LogP contribution is 2.41. The molecule has 0 amide bonds. The lowest BCUT2D eigenvalue weighted by Gasteiger charge is -2.33. The van der Waals surface area contributed by atoms with Crippen LogP contribution in [-0.2, 0) is 6.54 Å². The third kappa shape index (κ3) is 4.27. The second-order valence-electron chi connectivity index (χ2n) is 8.32. The number of likely N-dealkylation sites (tertiary alicyclic amines) is 1. The monoisotopic (exact) mass is 407 g/mol. The normalized spacial score (nSPS) is 25.5. The Labute approximate surface area is 169 Å². The highest BCUT2D eigenvalue weighted by molar-refractivity contribution is 5.42. The second-order valence-corrected chi connectivity index (χ2v) is 8.32. The van der Waals surface area contributed by atoms with E-state index in [1.54, 1.807) is 6.20 Å². The third-order valence-corrected chi connectivity index (χ3v) is 6.23. The minimum atomic E-state index is -4.29. The van der Waals surface area contributed by atoms with Gasteiger partial charge in [-0.15, -0.1) is 0 Å². The van der Waals surface area contributed by atoms with Crippen molar-refractivity contribution in [1.29, 1.82) is 0 Å². The molecule has 0 aliphatic carbocycles. The van der Waals surface area contributed by atoms with Gasteiger partial charge >= 0.3 is 6.18 Å². The molecule has 4 heterocycles. The number of fused-ring (bicyclic) bond motifs is 1. The summed E-state index contributed by atoms with van der Waals surface area (Å²) in [5.74, 6) is 0.655. The van der Waals surface area contributed by atoms with Crippen LogP contribution in [0.2, 0.25) is 0 Å². The Balaban J connectivity index is 1.53. The smallest absolute Gasteiger partial charge is 0.367 e. The van der Waals surface area contributed by atoms with Gasteiger partial charge < -0.3 is 5.32 Å². The molecule has 2 aromatic heterocycles. The molecule has 0 bridgehead atoms. The third-order valence-electron chi connectivity index (χ3n) is 6.23. The fourth-order valence-corrected chi connectivity index (χ4v) is 4.50. The van der Waals surface area contributed by atoms with Gasteiger partial charge in [0, 0.05) is 43.5 Å². The van der Waals surface area contributed by atoms with Crippen LogP contribution in [0.5, 0.6) is 0 Å². The zero-order valence-corrected chi connectivity index (χ0v) is 16.9. The topological polar surface area (TPSA) is 46.0 Å². The maximum atomic E-state index is 13.6. The van der Waals surface area contributed by atoms with Gasteiger partial charge in [0.15, 0.2) is 6.04 Å². The summed E-state index contributed by atoms with van der Waals surface area (Å²) < 4.78 is 42.0. The van der Waals surface area contributed by atoms with Gasteiger partial charge in [0.1, 0.15) is 5.82 Å². The lowest BCUT2D eigenvalue weighted by Crippen LogP contribution is -2.39. The predicted octanol–water partition coefficient (Wildman–Crippen LogP) is 4.66. The number of nitrogens with one attached hydrogen (secondary N) is 1. The number of nitrogens with zero attached hydrogens (tertiary/aromatic N) is 4. The van der Waals surface area contributed by atoms with Crippen LogP contribution in [0.25, 0.3) is 0 Å². The van der Waals surface area contributed by atoms with Crippen LogP contribution in [0.4, 0.5) is 19.0 Å². The van der Waals surface area contributed by atoms with Crippen molar-refractivity contribution >= 4 is 5.82 Å². The maximum absolute atomic E-state index is 13.6. The average molecular weight is 407 g/mol. The molecule has 0 unspecified atom stereocenters. The van der Waals surface area contributed by atoms with E-state index in [-0.39, 0.29) is 18.4 Å². The van der Waals surface area contributed by atoms with Crippen LogP contribution < -0.4 is 5.32 Å². The summed E-state index contributed by atoms with van der Waals surface area (Å²) in [5.41, 5.74) is 3.18. The lowest BCUT2D eigenvalue weighted by molar-refractivity contribution is -0.173. The van der Waals surface area contributed by atoms with Crippen LogP contribution >= 0.6 is 0 Å². The minimum Gasteiger partial charge on any atom is -0.367 e. The van der Waals surface area contributed by atoms with Crippen molar-refractivity contribution in [2.24, 2.45) is 0 Å². The molecule has 0 spiro atoms. The van der Waals surface area contributed by atoms with E-state index in [0.29, 0.717) is 12.2 Å². The molecule has 1 fully saturated rings. The van der Waals surface area contributed by atoms with Gasteiger partial charge in [-0.05, 0) is 56.3 Å². The number of alkyl halides is 3. The number of anilines is 1. The molecule has 0 radical (unpaired) electrons. The first kappa shape index (κ1) is 20.2. The van der Waals surface area contributed by atoms with Crippen LogP contribution in [0.3, 0.4) is 0 Å². The quantitative estimate of drug-likeness (QED) is 0.801. The van der Waals surface area contributed by atoms with E-state index in [4.69, 9.17) is 0 Å². The molecule has 2 aromatic rings. The summed E-state index contributed by atoms with van der Waals surface area (Å²) in [4.78, 5) is 6.52. The highest BCUT2D eigenvalue weighted by atomic mass is 19.4. The Morgan fingerprint density at radius 2 is 2.14 bits per heavy atom. The molecule has 4 rings (SSSR count). The molecule has 8 heteroatoms. The molecule has 158 valence electrons. The van der Waals surface area contributed by atoms with E-state index >= 15 is 0 Å². The van der Waals surface area contributed by atoms with Gasteiger partial charge in [0.2, 0.25) is 0 Å². The fourth-order valence-electron chi connectivity index (χ4n) is 4.50. The van der Waals surface area contributed by atoms with E-state index in [2.05, 4.69) is 27.2 Å². The van der Waals surface area contributed by atoms with Gasteiger partial charge in [-0.25, -0.2) is 4.68 Å². The van der Waals surface area contributed by atoms with Gasteiger partial charge in [0.05, 0.1) is 5.69 Å². The number of pyridine rings is 1. The Kier molecular flexibility index (Phi) is 5.55. The van der Waals surface area contributed by atoms with Crippen molar-refractivity contribution in [3.8, 4) is 0 Å². The molecule has 2 aliphatic heterocycles. The first-order chi connectivity index (χ1) is 13.8. The van der Waals surface area contributed by atoms with Gasteiger partial charge in [-0.1, -0.05) is 6.92 Å². The zero-order chi connectivity index (χ0) is 20.6. The summed E-state index contributed by atoms with van der Waals surface area (Å²) in [7, 11) is 0. The summed E-state index contributed by atoms with van der Waals surface area (Å²) in [6.07, 6.45) is 2.06. The van der Waals surface area contributed by atoms with E-state index in [1.165, 1.54) is 10.2 Å². The molecule has 2 aliphatic rings. The number of hydrogen-bond acceptors (Lipinski definition) is 4. The molecule has 29 heavy (non-hydrogen) atoms. The zero-order valence-electron chi connectivity index (χ0n) is 16.9. The van der Waals surface area contributed by atoms with Gasteiger partial charge in [-0.3, -0.25) is 9.88 Å². The van der Waals surface area contributed by atoms with Crippen molar-refractivity contribution < 1.29 is 13.2 Å². The Morgan fingerprint density at radius 3 is 2.86 bits per heavy atom. The highest BCUT2D eigenvalue weighted by Gasteiger charge is 2.46. The molecular weight excluding hydrogens is 379 g/mol. The van der Waals surface area contributed by atoms with Crippen molar-refractivity contribution in [3.63, 3.8) is 0 Å². The number of hydrogen-bond donors (Lipinski definition) is 1. The van der Waals surface area contributed by atoms with Crippen LogP contribution in [0.15, 0.2) is 24.5 Å². The van der Waals surface area contributed by atoms with E-state index in [0.717, 1.165) is 43.7 Å². The summed E-state index contributed by atoms with van der Waals surface area (Å²) in [6, 6.07) is 2.16. The number of piperidine rings is 1. The van der Waals surface area contributed by atoms with Gasteiger partial charge in [0.25, 0.3) is 0 Å². The summed E-state index contributed by atoms with van der Waals surface area (Å²) in [6.45, 7) is 6.61.